The first-order valence-electron chi connectivity index (χ1n) is 11.1. The minimum Gasteiger partial charge on any atom is -0.363 e. The van der Waals surface area contributed by atoms with E-state index in [-0.39, 0.29) is 17.0 Å². The van der Waals surface area contributed by atoms with Crippen LogP contribution in [0.2, 0.25) is 0 Å². The number of alkyl halides is 2. The fourth-order valence-corrected chi connectivity index (χ4v) is 5.43. The smallest absolute Gasteiger partial charge is 0.266 e. The van der Waals surface area contributed by atoms with Crippen molar-refractivity contribution in [2.75, 3.05) is 24.7 Å². The Morgan fingerprint density at radius 3 is 2.43 bits per heavy atom. The van der Waals surface area contributed by atoms with E-state index in [1.165, 1.54) is 33.6 Å². The van der Waals surface area contributed by atoms with Crippen molar-refractivity contribution in [1.82, 2.24) is 18.8 Å². The van der Waals surface area contributed by atoms with Crippen molar-refractivity contribution in [3.63, 3.8) is 0 Å². The Balaban J connectivity index is 1.70. The predicted molar refractivity (Wildman–Crippen MR) is 127 cm³/mol. The van der Waals surface area contributed by atoms with E-state index in [9.17, 15) is 26.4 Å². The Morgan fingerprint density at radius 2 is 1.80 bits per heavy atom. The summed E-state index contributed by atoms with van der Waals surface area (Å²) in [6.45, 7) is 2.27. The van der Waals surface area contributed by atoms with Crippen molar-refractivity contribution in [2.45, 2.75) is 38.2 Å². The predicted octanol–water partition coefficient (Wildman–Crippen LogP) is 3.72. The molecular weight excluding hydrogens is 483 g/mol. The van der Waals surface area contributed by atoms with Crippen molar-refractivity contribution in [2.24, 2.45) is 7.05 Å². The fourth-order valence-electron chi connectivity index (χ4n) is 4.55. The summed E-state index contributed by atoms with van der Waals surface area (Å²) in [5.41, 5.74) is 0.0357. The van der Waals surface area contributed by atoms with Gasteiger partial charge in [0.25, 0.3) is 12.0 Å². The average Bonchev–Trinajstić information content (AvgIpc) is 2.81. The third-order valence-corrected chi connectivity index (χ3v) is 7.81. The number of sulfonamides is 1. The van der Waals surface area contributed by atoms with Crippen LogP contribution in [0.1, 0.15) is 54.8 Å². The molecule has 1 aliphatic rings. The lowest BCUT2D eigenvalue weighted by molar-refractivity contribution is 0.146. The first-order valence-corrected chi connectivity index (χ1v) is 13.0. The number of nitrogens with one attached hydrogen (secondary N) is 1. The first kappa shape index (κ1) is 25.1. The van der Waals surface area contributed by atoms with Crippen molar-refractivity contribution >= 4 is 26.9 Å². The van der Waals surface area contributed by atoms with E-state index in [2.05, 4.69) is 15.3 Å². The standard InChI is InChI=1S/C23H26F3N5O3S/c1-13(15-5-4-6-16(19(15)24)20(25)26)29-21-18-11-17(23(32)30(2)22(18)28-12-27-21)14-7-9-31(10-8-14)35(3,33)34/h4-6,11-14,20H,7-10H2,1-3H3,(H,27,28,29)/t13-/m1/s1. The van der Waals surface area contributed by atoms with Crippen LogP contribution >= 0.6 is 0 Å². The highest BCUT2D eigenvalue weighted by molar-refractivity contribution is 7.88. The van der Waals surface area contributed by atoms with Crippen LogP contribution < -0.4 is 10.9 Å². The molecule has 35 heavy (non-hydrogen) atoms. The Hall–Kier alpha value is -2.99. The summed E-state index contributed by atoms with van der Waals surface area (Å²) in [7, 11) is -1.71. The molecular formula is C23H26F3N5O3S. The van der Waals surface area contributed by atoms with Crippen molar-refractivity contribution in [3.8, 4) is 0 Å². The van der Waals surface area contributed by atoms with Gasteiger partial charge in [0.15, 0.2) is 0 Å². The molecule has 1 saturated heterocycles. The molecule has 3 heterocycles. The monoisotopic (exact) mass is 509 g/mol. The molecule has 0 spiro atoms. The molecule has 1 N–H and O–H groups in total. The van der Waals surface area contributed by atoms with Crippen LogP contribution in [0.4, 0.5) is 19.0 Å². The summed E-state index contributed by atoms with van der Waals surface area (Å²) in [5, 5.41) is 3.59. The van der Waals surface area contributed by atoms with Gasteiger partial charge < -0.3 is 5.32 Å². The maximum atomic E-state index is 14.7. The molecule has 0 aliphatic carbocycles. The molecule has 0 unspecified atom stereocenters. The molecule has 188 valence electrons. The second kappa shape index (κ2) is 9.57. The van der Waals surface area contributed by atoms with Gasteiger partial charge >= 0.3 is 0 Å². The number of nitrogens with zero attached hydrogens (tertiary/aromatic N) is 4. The Kier molecular flexibility index (Phi) is 6.87. The second-order valence-electron chi connectivity index (χ2n) is 8.78. The number of hydrogen-bond acceptors (Lipinski definition) is 6. The number of piperidine rings is 1. The Morgan fingerprint density at radius 1 is 1.14 bits per heavy atom. The molecule has 2 aromatic heterocycles. The third kappa shape index (κ3) is 4.90. The summed E-state index contributed by atoms with van der Waals surface area (Å²) in [4.78, 5) is 21.6. The van der Waals surface area contributed by atoms with Crippen LogP contribution in [0.25, 0.3) is 11.0 Å². The van der Waals surface area contributed by atoms with Crippen LogP contribution in [-0.4, -0.2) is 46.6 Å². The van der Waals surface area contributed by atoms with Crippen LogP contribution in [0.3, 0.4) is 0 Å². The van der Waals surface area contributed by atoms with Crippen molar-refractivity contribution in [1.29, 1.82) is 0 Å². The fraction of sp³-hybridized carbons (Fsp3) is 0.435. The normalized spacial score (nSPS) is 16.7. The molecule has 0 saturated carbocycles. The lowest BCUT2D eigenvalue weighted by Gasteiger charge is -2.30. The minimum atomic E-state index is -3.30. The summed E-state index contributed by atoms with van der Waals surface area (Å²) in [5.74, 6) is -0.803. The Bertz CT molecular complexity index is 1420. The highest BCUT2D eigenvalue weighted by Crippen LogP contribution is 2.32. The van der Waals surface area contributed by atoms with Crippen molar-refractivity contribution in [3.05, 3.63) is 63.5 Å². The number of benzene rings is 1. The zero-order chi connectivity index (χ0) is 25.5. The highest BCUT2D eigenvalue weighted by Gasteiger charge is 2.28. The molecule has 1 aliphatic heterocycles. The van der Waals surface area contributed by atoms with Crippen LogP contribution in [0.15, 0.2) is 35.4 Å². The highest BCUT2D eigenvalue weighted by atomic mass is 32.2. The van der Waals surface area contributed by atoms with Crippen LogP contribution in [0.5, 0.6) is 0 Å². The molecule has 1 aromatic carbocycles. The number of aryl methyl sites for hydroxylation is 1. The largest absolute Gasteiger partial charge is 0.363 e. The number of rotatable bonds is 6. The topological polar surface area (TPSA) is 97.2 Å². The molecule has 0 bridgehead atoms. The van der Waals surface area contributed by atoms with Gasteiger partial charge in [-0.2, -0.15) is 0 Å². The molecule has 12 heteroatoms. The van der Waals surface area contributed by atoms with Gasteiger partial charge in [0.05, 0.1) is 23.2 Å². The molecule has 0 amide bonds. The van der Waals surface area contributed by atoms with Gasteiger partial charge in [-0.1, -0.05) is 18.2 Å². The van der Waals surface area contributed by atoms with Gasteiger partial charge in [-0.15, -0.1) is 0 Å². The van der Waals surface area contributed by atoms with Gasteiger partial charge in [0, 0.05) is 31.3 Å². The average molecular weight is 510 g/mol. The van der Waals surface area contributed by atoms with Gasteiger partial charge in [0.1, 0.15) is 23.6 Å². The zero-order valence-electron chi connectivity index (χ0n) is 19.5. The van der Waals surface area contributed by atoms with Gasteiger partial charge in [0.2, 0.25) is 10.0 Å². The summed E-state index contributed by atoms with van der Waals surface area (Å²) in [6, 6.07) is 4.85. The quantitative estimate of drug-likeness (QED) is 0.544. The van der Waals surface area contributed by atoms with Crippen molar-refractivity contribution < 1.29 is 21.6 Å². The molecule has 0 radical (unpaired) electrons. The summed E-state index contributed by atoms with van der Waals surface area (Å²) in [6.07, 6.45) is 0.484. The lowest BCUT2D eigenvalue weighted by atomic mass is 9.90. The number of pyridine rings is 1. The maximum absolute atomic E-state index is 14.7. The molecule has 1 fully saturated rings. The second-order valence-corrected chi connectivity index (χ2v) is 10.8. The van der Waals surface area contributed by atoms with E-state index in [0.717, 1.165) is 6.07 Å². The van der Waals surface area contributed by atoms with E-state index in [1.54, 1.807) is 20.0 Å². The first-order chi connectivity index (χ1) is 16.5. The summed E-state index contributed by atoms with van der Waals surface area (Å²) < 4.78 is 67.5. The minimum absolute atomic E-state index is 0.0627. The van der Waals surface area contributed by atoms with E-state index in [0.29, 0.717) is 48.3 Å². The molecule has 8 nitrogen and oxygen atoms in total. The molecule has 4 rings (SSSR count). The lowest BCUT2D eigenvalue weighted by Crippen LogP contribution is -2.38. The zero-order valence-corrected chi connectivity index (χ0v) is 20.3. The maximum Gasteiger partial charge on any atom is 0.266 e. The molecule has 3 aromatic rings. The van der Waals surface area contributed by atoms with Gasteiger partial charge in [-0.3, -0.25) is 9.36 Å². The van der Waals surface area contributed by atoms with E-state index < -0.39 is 33.9 Å². The van der Waals surface area contributed by atoms with Crippen LogP contribution in [0, 0.1) is 5.82 Å². The Labute approximate surface area is 200 Å². The van der Waals surface area contributed by atoms with E-state index in [1.807, 2.05) is 0 Å². The number of halogens is 3. The SMILES string of the molecule is C[C@@H](Nc1ncnc2c1cc(C1CCN(S(C)(=O)=O)CC1)c(=O)n2C)c1cccc(C(F)F)c1F. The number of anilines is 1. The van der Waals surface area contributed by atoms with Gasteiger partial charge in [-0.25, -0.2) is 35.9 Å². The van der Waals surface area contributed by atoms with Gasteiger partial charge in [-0.05, 0) is 31.7 Å². The van der Waals surface area contributed by atoms with E-state index >= 15 is 0 Å². The number of fused-ring (bicyclic) bond motifs is 1. The number of hydrogen-bond donors (Lipinski definition) is 1. The summed E-state index contributed by atoms with van der Waals surface area (Å²) >= 11 is 0. The van der Waals surface area contributed by atoms with Crippen LogP contribution in [-0.2, 0) is 17.1 Å². The molecule has 1 atom stereocenters. The number of aromatic nitrogens is 3. The van der Waals surface area contributed by atoms with E-state index in [4.69, 9.17) is 0 Å². The third-order valence-electron chi connectivity index (χ3n) is 6.51.